The zero-order chi connectivity index (χ0) is 17.1. The maximum absolute atomic E-state index is 4.67. The summed E-state index contributed by atoms with van der Waals surface area (Å²) < 4.78 is 0. The van der Waals surface area contributed by atoms with Gasteiger partial charge >= 0.3 is 0 Å². The van der Waals surface area contributed by atoms with E-state index < -0.39 is 0 Å². The molecule has 25 heavy (non-hydrogen) atoms. The molecule has 0 aliphatic carbocycles. The third kappa shape index (κ3) is 3.28. The van der Waals surface area contributed by atoms with Crippen molar-refractivity contribution in [3.8, 4) is 34.3 Å². The third-order valence-electron chi connectivity index (χ3n) is 3.84. The van der Waals surface area contributed by atoms with Crippen molar-refractivity contribution in [1.82, 2.24) is 19.9 Å². The molecule has 0 saturated carbocycles. The molecule has 0 N–H and O–H groups in total. The largest absolute Gasteiger partial charge is 0.253 e. The Kier molecular flexibility index (Phi) is 4.01. The summed E-state index contributed by atoms with van der Waals surface area (Å²) in [5.41, 5.74) is 3.77. The average Bonchev–Trinajstić information content (AvgIpc) is 2.69. The van der Waals surface area contributed by atoms with Crippen LogP contribution in [0.1, 0.15) is 5.56 Å². The van der Waals surface area contributed by atoms with Crippen LogP contribution in [0.5, 0.6) is 0 Å². The first-order valence-corrected chi connectivity index (χ1v) is 8.09. The summed E-state index contributed by atoms with van der Waals surface area (Å²) in [6, 6.07) is 23.8. The number of rotatable bonds is 3. The summed E-state index contributed by atoms with van der Waals surface area (Å²) >= 11 is 0. The molecule has 0 unspecified atom stereocenters. The molecule has 0 spiro atoms. The molecule has 0 radical (unpaired) electrons. The van der Waals surface area contributed by atoms with Crippen molar-refractivity contribution in [2.24, 2.45) is 0 Å². The second kappa shape index (κ2) is 6.61. The summed E-state index contributed by atoms with van der Waals surface area (Å²) in [6.45, 7) is 2.03. The van der Waals surface area contributed by atoms with Gasteiger partial charge in [-0.15, -0.1) is 0 Å². The van der Waals surface area contributed by atoms with Crippen LogP contribution in [0.3, 0.4) is 0 Å². The minimum atomic E-state index is 0.580. The lowest BCUT2D eigenvalue weighted by molar-refractivity contribution is 1.06. The van der Waals surface area contributed by atoms with Gasteiger partial charge in [0.1, 0.15) is 5.69 Å². The van der Waals surface area contributed by atoms with Gasteiger partial charge in [0, 0.05) is 17.3 Å². The van der Waals surface area contributed by atoms with Crippen molar-refractivity contribution >= 4 is 0 Å². The van der Waals surface area contributed by atoms with Crippen LogP contribution >= 0.6 is 0 Å². The van der Waals surface area contributed by atoms with Crippen LogP contribution in [-0.4, -0.2) is 19.9 Å². The predicted octanol–water partition coefficient (Wildman–Crippen LogP) is 4.58. The minimum Gasteiger partial charge on any atom is -0.253 e. The van der Waals surface area contributed by atoms with Crippen molar-refractivity contribution < 1.29 is 0 Å². The molecule has 2 aromatic carbocycles. The normalized spacial score (nSPS) is 10.6. The molecule has 4 rings (SSSR count). The molecular weight excluding hydrogens is 308 g/mol. The second-order valence-corrected chi connectivity index (χ2v) is 5.76. The fourth-order valence-electron chi connectivity index (χ4n) is 2.58. The van der Waals surface area contributed by atoms with E-state index in [1.54, 1.807) is 6.20 Å². The van der Waals surface area contributed by atoms with Crippen molar-refractivity contribution in [1.29, 1.82) is 0 Å². The number of aromatic nitrogens is 4. The third-order valence-corrected chi connectivity index (χ3v) is 3.84. The van der Waals surface area contributed by atoms with Crippen LogP contribution in [0.25, 0.3) is 34.3 Å². The number of benzene rings is 2. The fraction of sp³-hybridized carbons (Fsp3) is 0.0476. The highest BCUT2D eigenvalue weighted by molar-refractivity contribution is 5.65. The fourth-order valence-corrected chi connectivity index (χ4v) is 2.58. The molecule has 0 saturated heterocycles. The van der Waals surface area contributed by atoms with Gasteiger partial charge in [-0.1, -0.05) is 60.7 Å². The van der Waals surface area contributed by atoms with Gasteiger partial charge in [-0.2, -0.15) is 0 Å². The summed E-state index contributed by atoms with van der Waals surface area (Å²) in [5.74, 6) is 1.87. The first kappa shape index (κ1) is 15.1. The monoisotopic (exact) mass is 324 g/mol. The first-order chi connectivity index (χ1) is 12.3. The van der Waals surface area contributed by atoms with Gasteiger partial charge in [0.15, 0.2) is 17.5 Å². The predicted molar refractivity (Wildman–Crippen MR) is 98.7 cm³/mol. The van der Waals surface area contributed by atoms with E-state index in [2.05, 4.69) is 19.9 Å². The van der Waals surface area contributed by atoms with E-state index in [9.17, 15) is 0 Å². The van der Waals surface area contributed by atoms with Gasteiger partial charge in [-0.05, 0) is 24.6 Å². The Balaban J connectivity index is 1.92. The van der Waals surface area contributed by atoms with Crippen LogP contribution in [0.4, 0.5) is 0 Å². The quantitative estimate of drug-likeness (QED) is 0.553. The summed E-state index contributed by atoms with van der Waals surface area (Å²) in [4.78, 5) is 18.4. The minimum absolute atomic E-state index is 0.580. The van der Waals surface area contributed by atoms with Crippen molar-refractivity contribution in [2.45, 2.75) is 6.92 Å². The van der Waals surface area contributed by atoms with Gasteiger partial charge in [0.2, 0.25) is 0 Å². The molecule has 0 fully saturated rings. The lowest BCUT2D eigenvalue weighted by atomic mass is 10.2. The SMILES string of the molecule is Cc1ccnc(-c2nc(-c3ccccc3)nc(-c3ccccc3)n2)c1. The van der Waals surface area contributed by atoms with Crippen LogP contribution in [0.15, 0.2) is 79.0 Å². The van der Waals surface area contributed by atoms with Crippen molar-refractivity contribution in [3.63, 3.8) is 0 Å². The summed E-state index contributed by atoms with van der Waals surface area (Å²) in [5, 5.41) is 0. The summed E-state index contributed by atoms with van der Waals surface area (Å²) in [6.07, 6.45) is 1.78. The van der Waals surface area contributed by atoms with Crippen LogP contribution < -0.4 is 0 Å². The van der Waals surface area contributed by atoms with E-state index in [1.165, 1.54) is 0 Å². The molecule has 0 atom stereocenters. The van der Waals surface area contributed by atoms with Gasteiger partial charge in [0.05, 0.1) is 0 Å². The number of pyridine rings is 1. The van der Waals surface area contributed by atoms with Gasteiger partial charge in [0.25, 0.3) is 0 Å². The molecule has 120 valence electrons. The zero-order valence-electron chi connectivity index (χ0n) is 13.8. The highest BCUT2D eigenvalue weighted by Crippen LogP contribution is 2.23. The smallest absolute Gasteiger partial charge is 0.182 e. The van der Waals surface area contributed by atoms with Gasteiger partial charge in [-0.25, -0.2) is 15.0 Å². The van der Waals surface area contributed by atoms with E-state index in [-0.39, 0.29) is 0 Å². The Bertz CT molecular complexity index is 941. The van der Waals surface area contributed by atoms with Gasteiger partial charge < -0.3 is 0 Å². The Morgan fingerprint density at radius 2 is 1.12 bits per heavy atom. The number of hydrogen-bond donors (Lipinski definition) is 0. The molecule has 2 heterocycles. The zero-order valence-corrected chi connectivity index (χ0v) is 13.8. The topological polar surface area (TPSA) is 51.6 Å². The lowest BCUT2D eigenvalue weighted by Crippen LogP contribution is -2.01. The molecular formula is C21H16N4. The molecule has 0 bridgehead atoms. The number of aryl methyl sites for hydroxylation is 1. The van der Waals surface area contributed by atoms with E-state index in [0.29, 0.717) is 17.5 Å². The second-order valence-electron chi connectivity index (χ2n) is 5.76. The highest BCUT2D eigenvalue weighted by atomic mass is 15.0. The van der Waals surface area contributed by atoms with Crippen molar-refractivity contribution in [2.75, 3.05) is 0 Å². The maximum atomic E-state index is 4.67. The molecule has 0 amide bonds. The Morgan fingerprint density at radius 1 is 0.600 bits per heavy atom. The molecule has 4 heteroatoms. The molecule has 0 aliphatic heterocycles. The van der Waals surface area contributed by atoms with E-state index in [1.807, 2.05) is 79.7 Å². The average molecular weight is 324 g/mol. The van der Waals surface area contributed by atoms with Crippen molar-refractivity contribution in [3.05, 3.63) is 84.6 Å². The Labute approximate surface area is 146 Å². The Hall–Kier alpha value is -3.40. The highest BCUT2D eigenvalue weighted by Gasteiger charge is 2.12. The standard InChI is InChI=1S/C21H16N4/c1-15-12-13-22-18(14-15)21-24-19(16-8-4-2-5-9-16)23-20(25-21)17-10-6-3-7-11-17/h2-14H,1H3. The maximum Gasteiger partial charge on any atom is 0.182 e. The van der Waals surface area contributed by atoms with Crippen LogP contribution in [0.2, 0.25) is 0 Å². The lowest BCUT2D eigenvalue weighted by Gasteiger charge is -2.08. The Morgan fingerprint density at radius 3 is 1.64 bits per heavy atom. The molecule has 4 nitrogen and oxygen atoms in total. The van der Waals surface area contributed by atoms with E-state index >= 15 is 0 Å². The van der Waals surface area contributed by atoms with E-state index in [4.69, 9.17) is 0 Å². The van der Waals surface area contributed by atoms with Gasteiger partial charge in [-0.3, -0.25) is 4.98 Å². The molecule has 4 aromatic rings. The number of hydrogen-bond acceptors (Lipinski definition) is 4. The molecule has 2 aromatic heterocycles. The molecule has 0 aliphatic rings. The van der Waals surface area contributed by atoms with Crippen LogP contribution in [-0.2, 0) is 0 Å². The van der Waals surface area contributed by atoms with E-state index in [0.717, 1.165) is 22.4 Å². The first-order valence-electron chi connectivity index (χ1n) is 8.09. The summed E-state index contributed by atoms with van der Waals surface area (Å²) in [7, 11) is 0. The number of nitrogens with zero attached hydrogens (tertiary/aromatic N) is 4. The van der Waals surface area contributed by atoms with Crippen LogP contribution in [0, 0.1) is 6.92 Å².